The van der Waals surface area contributed by atoms with Crippen molar-refractivity contribution in [2.24, 2.45) is 0 Å². The van der Waals surface area contributed by atoms with E-state index in [1.54, 1.807) is 13.3 Å². The van der Waals surface area contributed by atoms with Gasteiger partial charge in [-0.1, -0.05) is 12.1 Å². The molecule has 0 unspecified atom stereocenters. The lowest BCUT2D eigenvalue weighted by Gasteiger charge is -2.14. The number of H-pyrrole nitrogens is 1. The third-order valence-corrected chi connectivity index (χ3v) is 4.74. The normalized spacial score (nSPS) is 14.3. The van der Waals surface area contributed by atoms with Crippen LogP contribution in [0, 0.1) is 0 Å². The number of nitrogens with one attached hydrogen (secondary N) is 1. The number of ether oxygens (including phenoxy) is 1. The number of rotatable bonds is 5. The van der Waals surface area contributed by atoms with Crippen LogP contribution in [0.4, 0.5) is 0 Å². The van der Waals surface area contributed by atoms with Gasteiger partial charge in [0.2, 0.25) is 5.91 Å². The summed E-state index contributed by atoms with van der Waals surface area (Å²) in [7, 11) is 1.62. The summed E-state index contributed by atoms with van der Waals surface area (Å²) in [4.78, 5) is 30.7. The van der Waals surface area contributed by atoms with Gasteiger partial charge < -0.3 is 9.64 Å². The van der Waals surface area contributed by atoms with Gasteiger partial charge in [-0.2, -0.15) is 0 Å². The Morgan fingerprint density at radius 1 is 1.27 bits per heavy atom. The standard InChI is InChI=1S/C19H20N4O3/c1-26-15-5-2-4-13(10-15)16-12-20-23-18(25)11-14(21-19(16)23)7-9-22-8-3-6-17(22)24/h2,4-5,10-12,20H,3,6-9H2,1H3. The number of nitrogens with zero attached hydrogens (tertiary/aromatic N) is 3. The Hall–Kier alpha value is -3.09. The Labute approximate surface area is 150 Å². The summed E-state index contributed by atoms with van der Waals surface area (Å²) in [5.41, 5.74) is 2.86. The number of amides is 1. The van der Waals surface area contributed by atoms with Crippen molar-refractivity contribution in [1.29, 1.82) is 0 Å². The van der Waals surface area contributed by atoms with Gasteiger partial charge >= 0.3 is 0 Å². The molecule has 0 bridgehead atoms. The Balaban J connectivity index is 1.68. The Morgan fingerprint density at radius 3 is 2.92 bits per heavy atom. The second-order valence-electron chi connectivity index (χ2n) is 6.40. The number of aromatic amines is 1. The van der Waals surface area contributed by atoms with Crippen LogP contribution in [0.2, 0.25) is 0 Å². The Morgan fingerprint density at radius 2 is 2.15 bits per heavy atom. The van der Waals surface area contributed by atoms with Gasteiger partial charge in [0, 0.05) is 43.8 Å². The molecule has 7 heteroatoms. The van der Waals surface area contributed by atoms with E-state index < -0.39 is 0 Å². The van der Waals surface area contributed by atoms with E-state index in [1.165, 1.54) is 10.6 Å². The summed E-state index contributed by atoms with van der Waals surface area (Å²) in [5, 5.41) is 2.96. The molecule has 3 aromatic rings. The van der Waals surface area contributed by atoms with Gasteiger partial charge in [-0.15, -0.1) is 0 Å². The largest absolute Gasteiger partial charge is 0.497 e. The predicted molar refractivity (Wildman–Crippen MR) is 97.3 cm³/mol. The minimum absolute atomic E-state index is 0.160. The summed E-state index contributed by atoms with van der Waals surface area (Å²) < 4.78 is 6.71. The number of hydrogen-bond donors (Lipinski definition) is 1. The van der Waals surface area contributed by atoms with Gasteiger partial charge in [0.15, 0.2) is 5.65 Å². The smallest absolute Gasteiger partial charge is 0.272 e. The van der Waals surface area contributed by atoms with Crippen molar-refractivity contribution in [2.75, 3.05) is 20.2 Å². The quantitative estimate of drug-likeness (QED) is 0.760. The van der Waals surface area contributed by atoms with Crippen molar-refractivity contribution >= 4 is 11.6 Å². The number of aromatic nitrogens is 3. The van der Waals surface area contributed by atoms with Crippen molar-refractivity contribution in [3.05, 3.63) is 52.6 Å². The summed E-state index contributed by atoms with van der Waals surface area (Å²) in [6, 6.07) is 9.16. The molecule has 0 radical (unpaired) electrons. The monoisotopic (exact) mass is 352 g/mol. The van der Waals surface area contributed by atoms with E-state index in [-0.39, 0.29) is 11.5 Å². The fourth-order valence-electron chi connectivity index (χ4n) is 3.35. The maximum atomic E-state index is 12.4. The van der Waals surface area contributed by atoms with Gasteiger partial charge in [0.05, 0.1) is 12.8 Å². The van der Waals surface area contributed by atoms with Gasteiger partial charge in [0.25, 0.3) is 5.56 Å². The van der Waals surface area contributed by atoms with Crippen LogP contribution in [0.25, 0.3) is 16.8 Å². The zero-order valence-corrected chi connectivity index (χ0v) is 14.6. The second-order valence-corrected chi connectivity index (χ2v) is 6.40. The maximum Gasteiger partial charge on any atom is 0.272 e. The number of fused-ring (bicyclic) bond motifs is 1. The molecule has 1 aromatic carbocycles. The van der Waals surface area contributed by atoms with E-state index >= 15 is 0 Å². The molecular formula is C19H20N4O3. The SMILES string of the molecule is COc1cccc(-c2c[nH]n3c(=O)cc(CCN4CCCC4=O)nc23)c1. The highest BCUT2D eigenvalue weighted by Gasteiger charge is 2.20. The summed E-state index contributed by atoms with van der Waals surface area (Å²) in [5.74, 6) is 0.925. The first-order valence-electron chi connectivity index (χ1n) is 8.68. The van der Waals surface area contributed by atoms with Crippen molar-refractivity contribution in [1.82, 2.24) is 19.5 Å². The van der Waals surface area contributed by atoms with Crippen LogP contribution in [-0.2, 0) is 11.2 Å². The maximum absolute atomic E-state index is 12.4. The number of hydrogen-bond acceptors (Lipinski definition) is 4. The fraction of sp³-hybridized carbons (Fsp3) is 0.316. The molecule has 1 saturated heterocycles. The third-order valence-electron chi connectivity index (χ3n) is 4.74. The first-order valence-corrected chi connectivity index (χ1v) is 8.68. The minimum atomic E-state index is -0.160. The predicted octanol–water partition coefficient (Wildman–Crippen LogP) is 1.86. The lowest BCUT2D eigenvalue weighted by atomic mass is 10.1. The molecule has 1 amide bonds. The highest BCUT2D eigenvalue weighted by atomic mass is 16.5. The minimum Gasteiger partial charge on any atom is -0.497 e. The molecule has 2 aromatic heterocycles. The van der Waals surface area contributed by atoms with Crippen LogP contribution in [0.1, 0.15) is 18.5 Å². The lowest BCUT2D eigenvalue weighted by Crippen LogP contribution is -2.27. The number of carbonyl (C=O) groups excluding carboxylic acids is 1. The highest BCUT2D eigenvalue weighted by molar-refractivity contribution is 5.78. The van der Waals surface area contributed by atoms with Crippen molar-refractivity contribution in [3.63, 3.8) is 0 Å². The summed E-state index contributed by atoms with van der Waals surface area (Å²) >= 11 is 0. The molecule has 1 fully saturated rings. The van der Waals surface area contributed by atoms with E-state index in [4.69, 9.17) is 4.74 Å². The van der Waals surface area contributed by atoms with Crippen LogP contribution < -0.4 is 10.3 Å². The van der Waals surface area contributed by atoms with Gasteiger partial charge in [-0.25, -0.2) is 9.50 Å². The average molecular weight is 352 g/mol. The molecule has 1 aliphatic rings. The fourth-order valence-corrected chi connectivity index (χ4v) is 3.35. The molecule has 0 aliphatic carbocycles. The zero-order valence-electron chi connectivity index (χ0n) is 14.6. The second kappa shape index (κ2) is 6.67. The van der Waals surface area contributed by atoms with Gasteiger partial charge in [-0.05, 0) is 24.1 Å². The van der Waals surface area contributed by atoms with Crippen molar-refractivity contribution in [2.45, 2.75) is 19.3 Å². The van der Waals surface area contributed by atoms with Gasteiger partial charge in [0.1, 0.15) is 5.75 Å². The van der Waals surface area contributed by atoms with E-state index in [0.717, 1.165) is 29.8 Å². The molecule has 7 nitrogen and oxygen atoms in total. The Kier molecular flexibility index (Phi) is 4.20. The Bertz CT molecular complexity index is 1020. The molecule has 4 rings (SSSR count). The van der Waals surface area contributed by atoms with Crippen LogP contribution in [-0.4, -0.2) is 45.6 Å². The molecule has 0 atom stereocenters. The van der Waals surface area contributed by atoms with Crippen LogP contribution in [0.5, 0.6) is 5.75 Å². The molecular weight excluding hydrogens is 332 g/mol. The van der Waals surface area contributed by atoms with E-state index in [0.29, 0.717) is 30.7 Å². The third kappa shape index (κ3) is 2.96. The molecule has 134 valence electrons. The number of likely N-dealkylation sites (tertiary alicyclic amines) is 1. The number of benzene rings is 1. The molecule has 1 aliphatic heterocycles. The van der Waals surface area contributed by atoms with Crippen LogP contribution in [0.3, 0.4) is 0 Å². The van der Waals surface area contributed by atoms with Crippen LogP contribution >= 0.6 is 0 Å². The van der Waals surface area contributed by atoms with Crippen molar-refractivity contribution in [3.8, 4) is 16.9 Å². The molecule has 1 N–H and O–H groups in total. The van der Waals surface area contributed by atoms with Gasteiger partial charge in [-0.3, -0.25) is 14.7 Å². The van der Waals surface area contributed by atoms with E-state index in [9.17, 15) is 9.59 Å². The summed E-state index contributed by atoms with van der Waals surface area (Å²) in [6.07, 6.45) is 3.87. The lowest BCUT2D eigenvalue weighted by molar-refractivity contribution is -0.127. The molecule has 0 spiro atoms. The molecule has 3 heterocycles. The highest BCUT2D eigenvalue weighted by Crippen LogP contribution is 2.26. The number of methoxy groups -OCH3 is 1. The van der Waals surface area contributed by atoms with Crippen LogP contribution in [0.15, 0.2) is 41.3 Å². The van der Waals surface area contributed by atoms with Crippen molar-refractivity contribution < 1.29 is 9.53 Å². The summed E-state index contributed by atoms with van der Waals surface area (Å²) in [6.45, 7) is 1.39. The first kappa shape index (κ1) is 16.4. The average Bonchev–Trinajstić information content (AvgIpc) is 3.26. The zero-order chi connectivity index (χ0) is 18.1. The van der Waals surface area contributed by atoms with E-state index in [1.807, 2.05) is 29.2 Å². The molecule has 26 heavy (non-hydrogen) atoms. The topological polar surface area (TPSA) is 79.7 Å². The number of carbonyl (C=O) groups is 1. The molecule has 0 saturated carbocycles. The van der Waals surface area contributed by atoms with E-state index in [2.05, 4.69) is 10.1 Å². The first-order chi connectivity index (χ1) is 12.7.